The molecule has 2 atom stereocenters. The highest BCUT2D eigenvalue weighted by Gasteiger charge is 2.45. The fraction of sp³-hybridized carbons (Fsp3) is 0.733. The fourth-order valence-corrected chi connectivity index (χ4v) is 3.39. The monoisotopic (exact) mass is 293 g/mol. The largest absolute Gasteiger partial charge is 0.481 e. The van der Waals surface area contributed by atoms with Crippen LogP contribution in [0.4, 0.5) is 0 Å². The second-order valence-electron chi connectivity index (χ2n) is 6.17. The summed E-state index contributed by atoms with van der Waals surface area (Å²) < 4.78 is 7.19. The Balaban J connectivity index is 1.63. The van der Waals surface area contributed by atoms with Crippen LogP contribution in [0.25, 0.3) is 0 Å². The first kappa shape index (κ1) is 14.5. The molecule has 3 rings (SSSR count). The van der Waals surface area contributed by atoms with E-state index in [1.165, 1.54) is 12.8 Å². The highest BCUT2D eigenvalue weighted by molar-refractivity contribution is 5.71. The normalized spacial score (nSPS) is 26.3. The van der Waals surface area contributed by atoms with Gasteiger partial charge in [0, 0.05) is 39.1 Å². The van der Waals surface area contributed by atoms with Crippen LogP contribution in [0.2, 0.25) is 0 Å². The Kier molecular flexibility index (Phi) is 4.26. The van der Waals surface area contributed by atoms with Crippen molar-refractivity contribution >= 4 is 5.97 Å². The summed E-state index contributed by atoms with van der Waals surface area (Å²) in [6, 6.07) is 0. The number of carbonyl (C=O) groups is 1. The lowest BCUT2D eigenvalue weighted by Crippen LogP contribution is -2.25. The molecule has 2 aliphatic rings. The highest BCUT2D eigenvalue weighted by atomic mass is 16.5. The maximum atomic E-state index is 11.4. The molecular formula is C15H23N3O3. The van der Waals surface area contributed by atoms with E-state index < -0.39 is 5.97 Å². The van der Waals surface area contributed by atoms with Crippen LogP contribution in [0, 0.1) is 17.8 Å². The maximum Gasteiger partial charge on any atom is 0.308 e. The van der Waals surface area contributed by atoms with Gasteiger partial charge in [-0.3, -0.25) is 9.69 Å². The Labute approximate surface area is 124 Å². The van der Waals surface area contributed by atoms with Crippen molar-refractivity contribution in [1.29, 1.82) is 0 Å². The molecule has 0 amide bonds. The van der Waals surface area contributed by atoms with Gasteiger partial charge in [0.1, 0.15) is 5.82 Å². The molecule has 6 heteroatoms. The molecule has 1 aromatic heterocycles. The number of carboxylic acids is 1. The van der Waals surface area contributed by atoms with Gasteiger partial charge in [-0.2, -0.15) is 0 Å². The van der Waals surface area contributed by atoms with Crippen molar-refractivity contribution in [2.24, 2.45) is 17.8 Å². The molecule has 1 aliphatic heterocycles. The number of methoxy groups -OCH3 is 1. The Bertz CT molecular complexity index is 498. The topological polar surface area (TPSA) is 67.6 Å². The van der Waals surface area contributed by atoms with E-state index in [1.54, 1.807) is 13.3 Å². The van der Waals surface area contributed by atoms with Gasteiger partial charge in [0.25, 0.3) is 0 Å². The molecule has 21 heavy (non-hydrogen) atoms. The molecule has 1 aliphatic carbocycles. The smallest absolute Gasteiger partial charge is 0.308 e. The van der Waals surface area contributed by atoms with E-state index in [2.05, 4.69) is 14.5 Å². The lowest BCUT2D eigenvalue weighted by atomic mass is 9.92. The standard InChI is InChI=1S/C15H23N3O3/c1-21-7-6-18-5-4-16-14(18)10-17-8-12(11-2-3-11)13(9-17)15(19)20/h4-5,11-13H,2-3,6-10H2,1H3,(H,19,20)/t12-,13+/m0/s1. The number of rotatable bonds is 7. The molecule has 1 saturated carbocycles. The van der Waals surface area contributed by atoms with Crippen LogP contribution in [0.15, 0.2) is 12.4 Å². The zero-order valence-corrected chi connectivity index (χ0v) is 12.4. The minimum atomic E-state index is -0.642. The van der Waals surface area contributed by atoms with Crippen LogP contribution < -0.4 is 0 Å². The molecular weight excluding hydrogens is 270 g/mol. The minimum absolute atomic E-state index is 0.208. The van der Waals surface area contributed by atoms with E-state index >= 15 is 0 Å². The summed E-state index contributed by atoms with van der Waals surface area (Å²) in [7, 11) is 1.69. The molecule has 0 aromatic carbocycles. The molecule has 1 aromatic rings. The molecule has 0 unspecified atom stereocenters. The number of aliphatic carboxylic acids is 1. The molecule has 116 valence electrons. The zero-order chi connectivity index (χ0) is 14.8. The van der Waals surface area contributed by atoms with Gasteiger partial charge >= 0.3 is 5.97 Å². The second-order valence-corrected chi connectivity index (χ2v) is 6.17. The van der Waals surface area contributed by atoms with Gasteiger partial charge in [-0.15, -0.1) is 0 Å². The summed E-state index contributed by atoms with van der Waals surface area (Å²) in [6.45, 7) is 3.70. The Hall–Kier alpha value is -1.40. The number of nitrogens with zero attached hydrogens (tertiary/aromatic N) is 3. The summed E-state index contributed by atoms with van der Waals surface area (Å²) in [6.07, 6.45) is 6.15. The number of ether oxygens (including phenoxy) is 1. The number of hydrogen-bond acceptors (Lipinski definition) is 4. The molecule has 1 saturated heterocycles. The van der Waals surface area contributed by atoms with Crippen molar-refractivity contribution in [3.8, 4) is 0 Å². The summed E-state index contributed by atoms with van der Waals surface area (Å²) in [5.41, 5.74) is 0. The van der Waals surface area contributed by atoms with E-state index in [0.29, 0.717) is 25.0 Å². The van der Waals surface area contributed by atoms with Crippen molar-refractivity contribution in [2.75, 3.05) is 26.8 Å². The van der Waals surface area contributed by atoms with Gasteiger partial charge in [0.2, 0.25) is 0 Å². The highest BCUT2D eigenvalue weighted by Crippen LogP contribution is 2.44. The third-order valence-electron chi connectivity index (χ3n) is 4.69. The SMILES string of the molecule is COCCn1ccnc1CN1C[C@@H](C(=O)O)[C@H](C2CC2)C1. The van der Waals surface area contributed by atoms with Crippen molar-refractivity contribution in [1.82, 2.24) is 14.5 Å². The Morgan fingerprint density at radius 1 is 1.48 bits per heavy atom. The molecule has 0 bridgehead atoms. The van der Waals surface area contributed by atoms with E-state index in [1.807, 2.05) is 6.20 Å². The molecule has 2 fully saturated rings. The number of imidazole rings is 1. The van der Waals surface area contributed by atoms with E-state index in [9.17, 15) is 9.90 Å². The van der Waals surface area contributed by atoms with Crippen LogP contribution in [0.5, 0.6) is 0 Å². The summed E-state index contributed by atoms with van der Waals surface area (Å²) in [4.78, 5) is 18.1. The van der Waals surface area contributed by atoms with Gasteiger partial charge in [0.05, 0.1) is 19.1 Å². The quantitative estimate of drug-likeness (QED) is 0.814. The summed E-state index contributed by atoms with van der Waals surface area (Å²) >= 11 is 0. The summed E-state index contributed by atoms with van der Waals surface area (Å²) in [5, 5.41) is 9.41. The first-order valence-electron chi connectivity index (χ1n) is 7.63. The molecule has 2 heterocycles. The third kappa shape index (κ3) is 3.27. The van der Waals surface area contributed by atoms with Gasteiger partial charge < -0.3 is 14.4 Å². The van der Waals surface area contributed by atoms with Crippen LogP contribution >= 0.6 is 0 Å². The first-order chi connectivity index (χ1) is 10.2. The van der Waals surface area contributed by atoms with Crippen LogP contribution in [-0.2, 0) is 22.6 Å². The average molecular weight is 293 g/mol. The Morgan fingerprint density at radius 3 is 2.95 bits per heavy atom. The van der Waals surface area contributed by atoms with Gasteiger partial charge in [-0.1, -0.05) is 0 Å². The predicted octanol–water partition coefficient (Wildman–Crippen LogP) is 1.07. The van der Waals surface area contributed by atoms with Crippen molar-refractivity contribution in [2.45, 2.75) is 25.9 Å². The van der Waals surface area contributed by atoms with E-state index in [4.69, 9.17) is 4.74 Å². The number of aromatic nitrogens is 2. The maximum absolute atomic E-state index is 11.4. The summed E-state index contributed by atoms with van der Waals surface area (Å²) in [5.74, 6) is 1.10. The molecule has 0 spiro atoms. The fourth-order valence-electron chi connectivity index (χ4n) is 3.39. The first-order valence-corrected chi connectivity index (χ1v) is 7.63. The lowest BCUT2D eigenvalue weighted by Gasteiger charge is -2.16. The van der Waals surface area contributed by atoms with Gasteiger partial charge in [0.15, 0.2) is 0 Å². The van der Waals surface area contributed by atoms with Crippen LogP contribution in [-0.4, -0.2) is 52.3 Å². The predicted molar refractivity (Wildman–Crippen MR) is 76.7 cm³/mol. The molecule has 0 radical (unpaired) electrons. The Morgan fingerprint density at radius 2 is 2.29 bits per heavy atom. The number of hydrogen-bond donors (Lipinski definition) is 1. The van der Waals surface area contributed by atoms with Gasteiger partial charge in [-0.05, 0) is 24.7 Å². The zero-order valence-electron chi connectivity index (χ0n) is 12.4. The van der Waals surface area contributed by atoms with Gasteiger partial charge in [-0.25, -0.2) is 4.98 Å². The van der Waals surface area contributed by atoms with Crippen molar-refractivity contribution in [3.63, 3.8) is 0 Å². The average Bonchev–Trinajstić information content (AvgIpc) is 3.07. The van der Waals surface area contributed by atoms with Crippen LogP contribution in [0.1, 0.15) is 18.7 Å². The molecule has 6 nitrogen and oxygen atoms in total. The molecule has 1 N–H and O–H groups in total. The lowest BCUT2D eigenvalue weighted by molar-refractivity contribution is -0.142. The second kappa shape index (κ2) is 6.15. The van der Waals surface area contributed by atoms with E-state index in [-0.39, 0.29) is 5.92 Å². The van der Waals surface area contributed by atoms with E-state index in [0.717, 1.165) is 25.5 Å². The number of likely N-dealkylation sites (tertiary alicyclic amines) is 1. The van der Waals surface area contributed by atoms with Crippen molar-refractivity contribution in [3.05, 3.63) is 18.2 Å². The number of carboxylic acid groups (broad SMARTS) is 1. The minimum Gasteiger partial charge on any atom is -0.481 e. The van der Waals surface area contributed by atoms with Crippen molar-refractivity contribution < 1.29 is 14.6 Å². The van der Waals surface area contributed by atoms with Crippen LogP contribution in [0.3, 0.4) is 0 Å². The third-order valence-corrected chi connectivity index (χ3v) is 4.69.